The number of hydrogen-bond acceptors (Lipinski definition) is 3. The third-order valence-electron chi connectivity index (χ3n) is 6.51. The van der Waals surface area contributed by atoms with Crippen molar-refractivity contribution in [3.05, 3.63) is 82.0 Å². The molecule has 5 nitrogen and oxygen atoms in total. The van der Waals surface area contributed by atoms with Gasteiger partial charge in [-0.25, -0.2) is 0 Å². The maximum atomic E-state index is 13.1. The molecular weight excluding hydrogens is 414 g/mol. The first-order chi connectivity index (χ1) is 15.8. The fraction of sp³-hybridized carbons (Fsp3) is 0.357. The van der Waals surface area contributed by atoms with Gasteiger partial charge in [-0.1, -0.05) is 30.4 Å². The molecule has 5 heteroatoms. The van der Waals surface area contributed by atoms with Crippen LogP contribution in [0.1, 0.15) is 64.2 Å². The Labute approximate surface area is 195 Å². The quantitative estimate of drug-likeness (QED) is 0.515. The molecule has 2 N–H and O–H groups in total. The predicted octanol–water partition coefficient (Wildman–Crippen LogP) is 6.10. The van der Waals surface area contributed by atoms with E-state index in [1.165, 1.54) is 5.57 Å². The molecule has 2 aromatic carbocycles. The van der Waals surface area contributed by atoms with Gasteiger partial charge in [0.05, 0.1) is 12.5 Å². The summed E-state index contributed by atoms with van der Waals surface area (Å²) in [5, 5.41) is 12.3. The first-order valence-corrected chi connectivity index (χ1v) is 11.6. The minimum absolute atomic E-state index is 0.0264. The van der Waals surface area contributed by atoms with Gasteiger partial charge in [0.2, 0.25) is 0 Å². The zero-order valence-corrected chi connectivity index (χ0v) is 19.5. The molecule has 0 saturated heterocycles. The first-order valence-electron chi connectivity index (χ1n) is 11.6. The number of ether oxygens (including phenoxy) is 1. The number of anilines is 1. The minimum Gasteiger partial charge on any atom is -0.493 e. The van der Waals surface area contributed by atoms with Gasteiger partial charge in [0.15, 0.2) is 0 Å². The Morgan fingerprint density at radius 3 is 2.45 bits per heavy atom. The summed E-state index contributed by atoms with van der Waals surface area (Å²) in [4.78, 5) is 24.4. The topological polar surface area (TPSA) is 75.6 Å². The number of carbonyl (C=O) groups excluding carboxylic acids is 1. The Morgan fingerprint density at radius 1 is 1.06 bits per heavy atom. The minimum atomic E-state index is -0.758. The lowest BCUT2D eigenvalue weighted by molar-refractivity contribution is -0.138. The molecule has 0 radical (unpaired) electrons. The maximum Gasteiger partial charge on any atom is 0.307 e. The zero-order valence-electron chi connectivity index (χ0n) is 19.5. The number of aryl methyl sites for hydroxylation is 3. The van der Waals surface area contributed by atoms with Crippen LogP contribution in [-0.2, 0) is 4.79 Å². The second kappa shape index (κ2) is 9.65. The molecule has 0 spiro atoms. The Kier molecular flexibility index (Phi) is 6.68. The van der Waals surface area contributed by atoms with E-state index in [9.17, 15) is 14.7 Å². The van der Waals surface area contributed by atoms with Crippen LogP contribution in [0.5, 0.6) is 5.75 Å². The molecule has 0 heterocycles. The highest BCUT2D eigenvalue weighted by Crippen LogP contribution is 2.48. The lowest BCUT2D eigenvalue weighted by Crippen LogP contribution is -2.16. The van der Waals surface area contributed by atoms with Crippen molar-refractivity contribution < 1.29 is 19.4 Å². The average Bonchev–Trinajstić information content (AvgIpc) is 3.57. The molecule has 2 atom stereocenters. The summed E-state index contributed by atoms with van der Waals surface area (Å²) in [5.41, 5.74) is 6.30. The fourth-order valence-corrected chi connectivity index (χ4v) is 4.53. The third-order valence-corrected chi connectivity index (χ3v) is 6.51. The van der Waals surface area contributed by atoms with Crippen LogP contribution in [0.4, 0.5) is 5.69 Å². The molecule has 1 saturated carbocycles. The van der Waals surface area contributed by atoms with Gasteiger partial charge < -0.3 is 15.2 Å². The second-order valence-corrected chi connectivity index (χ2v) is 9.10. The van der Waals surface area contributed by atoms with E-state index in [4.69, 9.17) is 4.74 Å². The van der Waals surface area contributed by atoms with E-state index in [0.29, 0.717) is 18.6 Å². The number of nitrogens with one attached hydrogen (secondary N) is 1. The molecule has 2 aliphatic rings. The Morgan fingerprint density at radius 2 is 1.82 bits per heavy atom. The van der Waals surface area contributed by atoms with Crippen molar-refractivity contribution in [3.8, 4) is 5.75 Å². The summed E-state index contributed by atoms with van der Waals surface area (Å²) in [7, 11) is 0. The van der Waals surface area contributed by atoms with E-state index >= 15 is 0 Å². The number of allylic oxidation sites excluding steroid dienone is 3. The monoisotopic (exact) mass is 445 g/mol. The molecule has 33 heavy (non-hydrogen) atoms. The molecule has 2 aromatic rings. The van der Waals surface area contributed by atoms with Crippen LogP contribution in [-0.4, -0.2) is 23.6 Å². The molecule has 172 valence electrons. The molecule has 0 aromatic heterocycles. The van der Waals surface area contributed by atoms with E-state index in [2.05, 4.69) is 23.5 Å². The second-order valence-electron chi connectivity index (χ2n) is 9.10. The molecule has 2 aliphatic carbocycles. The van der Waals surface area contributed by atoms with Crippen molar-refractivity contribution in [2.75, 3.05) is 11.9 Å². The molecule has 4 rings (SSSR count). The van der Waals surface area contributed by atoms with Crippen LogP contribution >= 0.6 is 0 Å². The normalized spacial score (nSPS) is 19.1. The zero-order chi connectivity index (χ0) is 23.5. The van der Waals surface area contributed by atoms with Gasteiger partial charge in [-0.05, 0) is 92.0 Å². The highest BCUT2D eigenvalue weighted by molar-refractivity contribution is 6.06. The fourth-order valence-electron chi connectivity index (χ4n) is 4.53. The van der Waals surface area contributed by atoms with Gasteiger partial charge in [0.25, 0.3) is 5.91 Å². The van der Waals surface area contributed by atoms with Crippen LogP contribution in [0.25, 0.3) is 0 Å². The molecular formula is C28H31NO4. The van der Waals surface area contributed by atoms with Gasteiger partial charge in [0, 0.05) is 17.7 Å². The standard InChI is InChI=1S/C28H31NO4/c1-17-9-10-21(23-16-24(23)28(31)32)15-25(17)29-27(30)26-18(2)13-22(14-19(26)3)33-12-11-20-7-5-4-6-8-20/h5,7-10,13-15,23-24H,4,6,11-12,16H2,1-3H3,(H,29,30)(H,31,32)/t23-,24-/m0/s1. The summed E-state index contributed by atoms with van der Waals surface area (Å²) in [6.07, 6.45) is 10.4. The SMILES string of the molecule is Cc1ccc([C@@H]2C[C@@H]2C(=O)O)cc1NC(=O)c1c(C)cc(OCCC2=CCCC=C2)cc1C. The predicted molar refractivity (Wildman–Crippen MR) is 130 cm³/mol. The van der Waals surface area contributed by atoms with E-state index in [-0.39, 0.29) is 17.7 Å². The van der Waals surface area contributed by atoms with Gasteiger partial charge >= 0.3 is 5.97 Å². The van der Waals surface area contributed by atoms with Gasteiger partial charge in [-0.15, -0.1) is 0 Å². The molecule has 1 amide bonds. The lowest BCUT2D eigenvalue weighted by Gasteiger charge is -2.16. The summed E-state index contributed by atoms with van der Waals surface area (Å²) in [6, 6.07) is 9.64. The van der Waals surface area contributed by atoms with Crippen LogP contribution < -0.4 is 10.1 Å². The van der Waals surface area contributed by atoms with Crippen molar-refractivity contribution in [2.45, 2.75) is 52.4 Å². The summed E-state index contributed by atoms with van der Waals surface area (Å²) >= 11 is 0. The van der Waals surface area contributed by atoms with Crippen molar-refractivity contribution in [2.24, 2.45) is 5.92 Å². The first kappa shape index (κ1) is 22.8. The Hall–Kier alpha value is -3.34. The smallest absolute Gasteiger partial charge is 0.307 e. The number of carbonyl (C=O) groups is 2. The van der Waals surface area contributed by atoms with Gasteiger partial charge in [-0.3, -0.25) is 9.59 Å². The van der Waals surface area contributed by atoms with E-state index < -0.39 is 5.97 Å². The van der Waals surface area contributed by atoms with Gasteiger partial charge in [0.1, 0.15) is 5.75 Å². The highest BCUT2D eigenvalue weighted by Gasteiger charge is 2.44. The van der Waals surface area contributed by atoms with E-state index in [1.54, 1.807) is 0 Å². The van der Waals surface area contributed by atoms with Crippen LogP contribution in [0.15, 0.2) is 54.1 Å². The van der Waals surface area contributed by atoms with Crippen LogP contribution in [0, 0.1) is 26.7 Å². The third kappa shape index (κ3) is 5.36. The number of benzene rings is 2. The summed E-state index contributed by atoms with van der Waals surface area (Å²) in [6.45, 7) is 6.39. The maximum absolute atomic E-state index is 13.1. The molecule has 1 fully saturated rings. The largest absolute Gasteiger partial charge is 0.493 e. The highest BCUT2D eigenvalue weighted by atomic mass is 16.5. The summed E-state index contributed by atoms with van der Waals surface area (Å²) in [5.74, 6) is -0.447. The average molecular weight is 446 g/mol. The number of amides is 1. The van der Waals surface area contributed by atoms with Crippen molar-refractivity contribution in [1.82, 2.24) is 0 Å². The molecule has 0 bridgehead atoms. The summed E-state index contributed by atoms with van der Waals surface area (Å²) < 4.78 is 5.97. The number of carboxylic acids is 1. The van der Waals surface area contributed by atoms with Crippen molar-refractivity contribution in [3.63, 3.8) is 0 Å². The van der Waals surface area contributed by atoms with Gasteiger partial charge in [-0.2, -0.15) is 0 Å². The number of hydrogen-bond donors (Lipinski definition) is 2. The number of aliphatic carboxylic acids is 1. The van der Waals surface area contributed by atoms with Crippen molar-refractivity contribution >= 4 is 17.6 Å². The number of carboxylic acid groups (broad SMARTS) is 1. The molecule has 0 unspecified atom stereocenters. The van der Waals surface area contributed by atoms with E-state index in [0.717, 1.165) is 53.0 Å². The van der Waals surface area contributed by atoms with Crippen LogP contribution in [0.3, 0.4) is 0 Å². The molecule has 0 aliphatic heterocycles. The van der Waals surface area contributed by atoms with Crippen molar-refractivity contribution in [1.29, 1.82) is 0 Å². The lowest BCUT2D eigenvalue weighted by atomic mass is 10.0. The number of rotatable bonds is 8. The Bertz CT molecular complexity index is 1120. The Balaban J connectivity index is 1.43. The van der Waals surface area contributed by atoms with E-state index in [1.807, 2.05) is 51.1 Å². The van der Waals surface area contributed by atoms with Crippen LogP contribution in [0.2, 0.25) is 0 Å².